The summed E-state index contributed by atoms with van der Waals surface area (Å²) in [6.07, 6.45) is 4.92. The Balaban J connectivity index is 1.66. The zero-order valence-electron chi connectivity index (χ0n) is 19.5. The van der Waals surface area contributed by atoms with E-state index in [0.29, 0.717) is 11.0 Å². The number of rotatable bonds is 6. The standard InChI is InChI=1S/C24H30ClN7O/c1-15-22(16(2)30-29-15)27-21(33)14-32-11-6-5-10-20(32)23-19(13-26-24(28-23)31(3)4)17-8-7-9-18(25)12-17/h7-9,12-13,20H,5-6,10-11,14H2,1-4H3,(H,27,33)(H,29,30). The van der Waals surface area contributed by atoms with E-state index in [9.17, 15) is 4.79 Å². The van der Waals surface area contributed by atoms with Gasteiger partial charge in [0, 0.05) is 30.9 Å². The molecule has 1 fully saturated rings. The third-order valence-corrected chi connectivity index (χ3v) is 6.24. The van der Waals surface area contributed by atoms with Crippen molar-refractivity contribution in [3.8, 4) is 11.1 Å². The van der Waals surface area contributed by atoms with Crippen LogP contribution in [0.1, 0.15) is 42.4 Å². The topological polar surface area (TPSA) is 90.0 Å². The summed E-state index contributed by atoms with van der Waals surface area (Å²) >= 11 is 6.29. The Labute approximate surface area is 199 Å². The molecule has 0 bridgehead atoms. The normalized spacial score (nSPS) is 16.6. The lowest BCUT2D eigenvalue weighted by atomic mass is 9.94. The van der Waals surface area contributed by atoms with Crippen LogP contribution in [-0.4, -0.2) is 58.2 Å². The number of hydrogen-bond acceptors (Lipinski definition) is 6. The number of nitrogens with one attached hydrogen (secondary N) is 2. The van der Waals surface area contributed by atoms with E-state index in [-0.39, 0.29) is 18.5 Å². The van der Waals surface area contributed by atoms with Crippen molar-refractivity contribution in [2.75, 3.05) is 37.4 Å². The molecule has 0 spiro atoms. The van der Waals surface area contributed by atoms with Crippen molar-refractivity contribution in [1.29, 1.82) is 0 Å². The van der Waals surface area contributed by atoms with Crippen molar-refractivity contribution in [1.82, 2.24) is 25.1 Å². The third-order valence-electron chi connectivity index (χ3n) is 6.01. The molecule has 1 amide bonds. The predicted octanol–water partition coefficient (Wildman–Crippen LogP) is 4.37. The predicted molar refractivity (Wildman–Crippen MR) is 132 cm³/mol. The van der Waals surface area contributed by atoms with E-state index in [0.717, 1.165) is 59.7 Å². The van der Waals surface area contributed by atoms with Crippen LogP contribution >= 0.6 is 11.6 Å². The smallest absolute Gasteiger partial charge is 0.238 e. The molecule has 33 heavy (non-hydrogen) atoms. The third kappa shape index (κ3) is 5.17. The van der Waals surface area contributed by atoms with Gasteiger partial charge in [0.15, 0.2) is 0 Å². The van der Waals surface area contributed by atoms with Crippen LogP contribution in [0.15, 0.2) is 30.5 Å². The zero-order chi connectivity index (χ0) is 23.5. The van der Waals surface area contributed by atoms with Gasteiger partial charge in [-0.2, -0.15) is 5.10 Å². The number of likely N-dealkylation sites (tertiary alicyclic amines) is 1. The number of nitrogens with zero attached hydrogens (tertiary/aromatic N) is 5. The molecular weight excluding hydrogens is 438 g/mol. The highest BCUT2D eigenvalue weighted by molar-refractivity contribution is 6.30. The summed E-state index contributed by atoms with van der Waals surface area (Å²) in [5.74, 6) is 0.594. The SMILES string of the molecule is Cc1n[nH]c(C)c1NC(=O)CN1CCCCC1c1nc(N(C)C)ncc1-c1cccc(Cl)c1. The van der Waals surface area contributed by atoms with Crippen molar-refractivity contribution in [3.63, 3.8) is 0 Å². The first kappa shape index (κ1) is 23.2. The first-order valence-electron chi connectivity index (χ1n) is 11.2. The fourth-order valence-electron chi connectivity index (χ4n) is 4.32. The van der Waals surface area contributed by atoms with E-state index < -0.39 is 0 Å². The van der Waals surface area contributed by atoms with Crippen LogP contribution in [0.5, 0.6) is 0 Å². The van der Waals surface area contributed by atoms with Crippen LogP contribution in [0.4, 0.5) is 11.6 Å². The number of amides is 1. The number of aromatic nitrogens is 4. The molecule has 2 aromatic heterocycles. The molecule has 0 radical (unpaired) electrons. The summed E-state index contributed by atoms with van der Waals surface area (Å²) in [4.78, 5) is 26.6. The number of halogens is 1. The molecule has 0 aliphatic carbocycles. The first-order valence-corrected chi connectivity index (χ1v) is 11.6. The molecule has 1 unspecified atom stereocenters. The van der Waals surface area contributed by atoms with Gasteiger partial charge in [-0.15, -0.1) is 0 Å². The van der Waals surface area contributed by atoms with Crippen LogP contribution < -0.4 is 10.2 Å². The highest BCUT2D eigenvalue weighted by Crippen LogP contribution is 2.36. The number of anilines is 2. The molecule has 9 heteroatoms. The minimum absolute atomic E-state index is 0.00623. The summed E-state index contributed by atoms with van der Waals surface area (Å²) < 4.78 is 0. The molecule has 1 aliphatic heterocycles. The maximum Gasteiger partial charge on any atom is 0.238 e. The van der Waals surface area contributed by atoms with E-state index >= 15 is 0 Å². The van der Waals surface area contributed by atoms with Gasteiger partial charge in [0.2, 0.25) is 11.9 Å². The van der Waals surface area contributed by atoms with Gasteiger partial charge in [-0.25, -0.2) is 9.97 Å². The Kier molecular flexibility index (Phi) is 6.95. The van der Waals surface area contributed by atoms with Gasteiger partial charge in [0.05, 0.1) is 35.4 Å². The highest BCUT2D eigenvalue weighted by atomic mass is 35.5. The van der Waals surface area contributed by atoms with Gasteiger partial charge >= 0.3 is 0 Å². The number of benzene rings is 1. The van der Waals surface area contributed by atoms with Gasteiger partial charge in [-0.05, 0) is 50.9 Å². The largest absolute Gasteiger partial charge is 0.347 e. The number of piperidine rings is 1. The fraction of sp³-hybridized carbons (Fsp3) is 0.417. The number of H-pyrrole nitrogens is 1. The molecule has 0 saturated carbocycles. The quantitative estimate of drug-likeness (QED) is 0.559. The molecule has 1 saturated heterocycles. The Morgan fingerprint density at radius 2 is 2.12 bits per heavy atom. The number of hydrogen-bond donors (Lipinski definition) is 2. The van der Waals surface area contributed by atoms with E-state index in [1.165, 1.54) is 0 Å². The van der Waals surface area contributed by atoms with E-state index in [2.05, 4.69) is 25.4 Å². The first-order chi connectivity index (χ1) is 15.8. The number of carbonyl (C=O) groups is 1. The lowest BCUT2D eigenvalue weighted by molar-refractivity contribution is -0.118. The Bertz CT molecular complexity index is 1120. The van der Waals surface area contributed by atoms with Crippen LogP contribution in [-0.2, 0) is 4.79 Å². The van der Waals surface area contributed by atoms with E-state index in [1.807, 2.05) is 63.3 Å². The Morgan fingerprint density at radius 1 is 1.30 bits per heavy atom. The van der Waals surface area contributed by atoms with Gasteiger partial charge in [-0.3, -0.25) is 14.8 Å². The van der Waals surface area contributed by atoms with Crippen molar-refractivity contribution in [2.45, 2.75) is 39.2 Å². The molecule has 174 valence electrons. The molecule has 8 nitrogen and oxygen atoms in total. The molecular formula is C24H30ClN7O. The van der Waals surface area contributed by atoms with Crippen LogP contribution in [0.25, 0.3) is 11.1 Å². The fourth-order valence-corrected chi connectivity index (χ4v) is 4.51. The second-order valence-electron chi connectivity index (χ2n) is 8.71. The molecule has 1 aromatic carbocycles. The summed E-state index contributed by atoms with van der Waals surface area (Å²) in [6.45, 7) is 4.90. The van der Waals surface area contributed by atoms with Crippen molar-refractivity contribution >= 4 is 29.1 Å². The lowest BCUT2D eigenvalue weighted by Crippen LogP contribution is -2.40. The molecule has 3 heterocycles. The summed E-state index contributed by atoms with van der Waals surface area (Å²) in [6, 6.07) is 7.75. The van der Waals surface area contributed by atoms with Gasteiger partial charge in [0.1, 0.15) is 0 Å². The maximum absolute atomic E-state index is 13.0. The Morgan fingerprint density at radius 3 is 2.82 bits per heavy atom. The second-order valence-corrected chi connectivity index (χ2v) is 9.15. The number of carbonyl (C=O) groups excluding carboxylic acids is 1. The minimum atomic E-state index is -0.0549. The summed E-state index contributed by atoms with van der Waals surface area (Å²) in [7, 11) is 3.86. The summed E-state index contributed by atoms with van der Waals surface area (Å²) in [5, 5.41) is 10.8. The molecule has 4 rings (SSSR count). The van der Waals surface area contributed by atoms with E-state index in [1.54, 1.807) is 0 Å². The monoisotopic (exact) mass is 467 g/mol. The van der Waals surface area contributed by atoms with Crippen molar-refractivity contribution in [2.24, 2.45) is 0 Å². The van der Waals surface area contributed by atoms with Crippen LogP contribution in [0.3, 0.4) is 0 Å². The second kappa shape index (κ2) is 9.89. The van der Waals surface area contributed by atoms with Crippen molar-refractivity contribution in [3.05, 3.63) is 52.6 Å². The van der Waals surface area contributed by atoms with Crippen molar-refractivity contribution < 1.29 is 4.79 Å². The van der Waals surface area contributed by atoms with Crippen LogP contribution in [0, 0.1) is 13.8 Å². The number of aryl methyl sites for hydroxylation is 2. The Hall–Kier alpha value is -2.97. The van der Waals surface area contributed by atoms with Gasteiger partial charge in [-0.1, -0.05) is 30.2 Å². The van der Waals surface area contributed by atoms with Gasteiger partial charge < -0.3 is 10.2 Å². The summed E-state index contributed by atoms with van der Waals surface area (Å²) in [5.41, 5.74) is 5.24. The average molecular weight is 468 g/mol. The molecule has 3 aromatic rings. The van der Waals surface area contributed by atoms with Crippen LogP contribution in [0.2, 0.25) is 5.02 Å². The molecule has 1 aliphatic rings. The average Bonchev–Trinajstić information content (AvgIpc) is 3.11. The maximum atomic E-state index is 13.0. The number of aromatic amines is 1. The van der Waals surface area contributed by atoms with Gasteiger partial charge in [0.25, 0.3) is 0 Å². The minimum Gasteiger partial charge on any atom is -0.347 e. The lowest BCUT2D eigenvalue weighted by Gasteiger charge is -2.36. The zero-order valence-corrected chi connectivity index (χ0v) is 20.3. The highest BCUT2D eigenvalue weighted by Gasteiger charge is 2.30. The molecule has 2 N–H and O–H groups in total. The van der Waals surface area contributed by atoms with E-state index in [4.69, 9.17) is 16.6 Å². The molecule has 1 atom stereocenters.